The van der Waals surface area contributed by atoms with E-state index in [4.69, 9.17) is 4.74 Å². The number of hydrogen-bond acceptors (Lipinski definition) is 6. The molecule has 3 rings (SSSR count). The Morgan fingerprint density at radius 2 is 1.81 bits per heavy atom. The maximum Gasteiger partial charge on any atom is 0.263 e. The van der Waals surface area contributed by atoms with E-state index >= 15 is 0 Å². The summed E-state index contributed by atoms with van der Waals surface area (Å²) in [6, 6.07) is 16.0. The van der Waals surface area contributed by atoms with Crippen molar-refractivity contribution in [3.8, 4) is 17.0 Å². The Hall–Kier alpha value is -3.28. The van der Waals surface area contributed by atoms with E-state index in [0.717, 1.165) is 29.0 Å². The average Bonchev–Trinajstić information content (AvgIpc) is 2.69. The first-order valence-electron chi connectivity index (χ1n) is 8.86. The summed E-state index contributed by atoms with van der Waals surface area (Å²) in [6.07, 6.45) is 4.40. The molecule has 27 heavy (non-hydrogen) atoms. The zero-order valence-electron chi connectivity index (χ0n) is 15.8. The van der Waals surface area contributed by atoms with Gasteiger partial charge < -0.3 is 4.74 Å². The summed E-state index contributed by atoms with van der Waals surface area (Å²) in [5, 5.41) is 12.2. The van der Waals surface area contributed by atoms with Crippen molar-refractivity contribution in [2.75, 3.05) is 12.5 Å². The van der Waals surface area contributed by atoms with Gasteiger partial charge in [0.05, 0.1) is 25.2 Å². The summed E-state index contributed by atoms with van der Waals surface area (Å²) < 4.78 is 5.14. The number of anilines is 1. The van der Waals surface area contributed by atoms with Crippen molar-refractivity contribution in [3.63, 3.8) is 0 Å². The minimum Gasteiger partial charge on any atom is -0.497 e. The van der Waals surface area contributed by atoms with Crippen molar-refractivity contribution < 1.29 is 4.74 Å². The third-order valence-electron chi connectivity index (χ3n) is 3.95. The summed E-state index contributed by atoms with van der Waals surface area (Å²) in [4.78, 5) is 4.47. The largest absolute Gasteiger partial charge is 0.497 e. The molecule has 2 aromatic carbocycles. The second-order valence-corrected chi connectivity index (χ2v) is 6.60. The van der Waals surface area contributed by atoms with Crippen LogP contribution in [0.3, 0.4) is 0 Å². The van der Waals surface area contributed by atoms with E-state index in [1.165, 1.54) is 5.56 Å². The van der Waals surface area contributed by atoms with Gasteiger partial charge in [-0.15, -0.1) is 5.10 Å². The van der Waals surface area contributed by atoms with E-state index < -0.39 is 0 Å². The summed E-state index contributed by atoms with van der Waals surface area (Å²) in [5.41, 5.74) is 6.83. The van der Waals surface area contributed by atoms with E-state index in [1.54, 1.807) is 19.5 Å². The molecule has 1 N–H and O–H groups in total. The number of nitrogens with one attached hydrogen (secondary N) is 1. The lowest BCUT2D eigenvalue weighted by Gasteiger charge is -2.06. The molecule has 0 atom stereocenters. The molecule has 0 aliphatic heterocycles. The Morgan fingerprint density at radius 3 is 2.48 bits per heavy atom. The number of hydrazone groups is 1. The topological polar surface area (TPSA) is 72.3 Å². The quantitative estimate of drug-likeness (QED) is 0.504. The number of ether oxygens (including phenoxy) is 1. The maximum atomic E-state index is 5.14. The Kier molecular flexibility index (Phi) is 6.10. The van der Waals surface area contributed by atoms with Crippen molar-refractivity contribution in [3.05, 3.63) is 65.9 Å². The zero-order valence-corrected chi connectivity index (χ0v) is 15.8. The molecule has 3 aromatic rings. The van der Waals surface area contributed by atoms with Gasteiger partial charge in [0.2, 0.25) is 0 Å². The number of methoxy groups -OCH3 is 1. The molecule has 0 saturated heterocycles. The molecular formula is C21H23N5O. The molecule has 0 aliphatic carbocycles. The van der Waals surface area contributed by atoms with Gasteiger partial charge in [0, 0.05) is 5.56 Å². The lowest BCUT2D eigenvalue weighted by atomic mass is 10.0. The molecule has 0 radical (unpaired) electrons. The van der Waals surface area contributed by atoms with Crippen LogP contribution in [0.5, 0.6) is 5.75 Å². The average molecular weight is 361 g/mol. The van der Waals surface area contributed by atoms with E-state index in [2.05, 4.69) is 63.8 Å². The highest BCUT2D eigenvalue weighted by Gasteiger charge is 2.04. The predicted octanol–water partition coefficient (Wildman–Crippen LogP) is 4.19. The first-order valence-corrected chi connectivity index (χ1v) is 8.86. The van der Waals surface area contributed by atoms with Crippen molar-refractivity contribution in [1.82, 2.24) is 15.2 Å². The monoisotopic (exact) mass is 361 g/mol. The lowest BCUT2D eigenvalue weighted by Crippen LogP contribution is -2.00. The number of benzene rings is 2. The minimum atomic E-state index is 0.350. The van der Waals surface area contributed by atoms with Crippen molar-refractivity contribution in [1.29, 1.82) is 0 Å². The van der Waals surface area contributed by atoms with Crippen LogP contribution in [0, 0.1) is 5.92 Å². The van der Waals surface area contributed by atoms with Crippen LogP contribution < -0.4 is 10.2 Å². The van der Waals surface area contributed by atoms with Crippen LogP contribution in [0.2, 0.25) is 0 Å². The van der Waals surface area contributed by atoms with E-state index in [1.807, 2.05) is 24.3 Å². The third kappa shape index (κ3) is 5.34. The van der Waals surface area contributed by atoms with Gasteiger partial charge >= 0.3 is 0 Å². The normalized spacial score (nSPS) is 11.1. The van der Waals surface area contributed by atoms with Crippen LogP contribution in [0.1, 0.15) is 25.0 Å². The second kappa shape index (κ2) is 8.89. The van der Waals surface area contributed by atoms with Crippen LogP contribution in [-0.4, -0.2) is 28.5 Å². The Bertz CT molecular complexity index is 889. The fraction of sp³-hybridized carbons (Fsp3) is 0.238. The van der Waals surface area contributed by atoms with E-state index in [0.29, 0.717) is 11.9 Å². The van der Waals surface area contributed by atoms with Gasteiger partial charge in [-0.05, 0) is 47.7 Å². The van der Waals surface area contributed by atoms with Gasteiger partial charge in [-0.3, -0.25) is 0 Å². The smallest absolute Gasteiger partial charge is 0.263 e. The standard InChI is InChI=1S/C21H23N5O/c1-15(2)12-16-4-8-18(9-5-16)20-14-23-26-21(24-20)25-22-13-17-6-10-19(27-3)11-7-17/h4-11,13-15H,12H2,1-3H3,(H,24,25,26)/b22-13+. The van der Waals surface area contributed by atoms with Gasteiger partial charge in [0.15, 0.2) is 0 Å². The van der Waals surface area contributed by atoms with Crippen LogP contribution in [0.4, 0.5) is 5.95 Å². The van der Waals surface area contributed by atoms with E-state index in [9.17, 15) is 0 Å². The molecule has 1 aromatic heterocycles. The first kappa shape index (κ1) is 18.5. The molecule has 1 heterocycles. The number of nitrogens with zero attached hydrogens (tertiary/aromatic N) is 4. The van der Waals surface area contributed by atoms with Crippen LogP contribution >= 0.6 is 0 Å². The summed E-state index contributed by atoms with van der Waals surface area (Å²) in [5.74, 6) is 1.79. The van der Waals surface area contributed by atoms with Crippen LogP contribution in [-0.2, 0) is 6.42 Å². The molecule has 0 amide bonds. The van der Waals surface area contributed by atoms with Gasteiger partial charge in [0.25, 0.3) is 5.95 Å². The predicted molar refractivity (Wildman–Crippen MR) is 108 cm³/mol. The zero-order chi connectivity index (χ0) is 19.1. The molecule has 0 unspecified atom stereocenters. The molecule has 0 fully saturated rings. The van der Waals surface area contributed by atoms with Crippen LogP contribution in [0.25, 0.3) is 11.3 Å². The summed E-state index contributed by atoms with van der Waals surface area (Å²) in [6.45, 7) is 4.43. The molecule has 0 spiro atoms. The molecule has 138 valence electrons. The maximum absolute atomic E-state index is 5.14. The summed E-state index contributed by atoms with van der Waals surface area (Å²) >= 11 is 0. The number of rotatable bonds is 7. The van der Waals surface area contributed by atoms with Gasteiger partial charge in [0.1, 0.15) is 5.75 Å². The number of aromatic nitrogens is 3. The molecular weight excluding hydrogens is 338 g/mol. The molecule has 6 heteroatoms. The van der Waals surface area contributed by atoms with Crippen molar-refractivity contribution in [2.24, 2.45) is 11.0 Å². The Labute approximate surface area is 159 Å². The second-order valence-electron chi connectivity index (χ2n) is 6.60. The molecule has 6 nitrogen and oxygen atoms in total. The van der Waals surface area contributed by atoms with Crippen molar-refractivity contribution in [2.45, 2.75) is 20.3 Å². The Balaban J connectivity index is 1.67. The van der Waals surface area contributed by atoms with Gasteiger partial charge in [-0.1, -0.05) is 38.1 Å². The SMILES string of the molecule is COc1ccc(/C=N/Nc2nncc(-c3ccc(CC(C)C)cc3)n2)cc1. The highest BCUT2D eigenvalue weighted by molar-refractivity contribution is 5.80. The van der Waals surface area contributed by atoms with Crippen LogP contribution in [0.15, 0.2) is 59.8 Å². The molecule has 0 aliphatic rings. The van der Waals surface area contributed by atoms with Crippen molar-refractivity contribution >= 4 is 12.2 Å². The third-order valence-corrected chi connectivity index (χ3v) is 3.95. The van der Waals surface area contributed by atoms with E-state index in [-0.39, 0.29) is 0 Å². The first-order chi connectivity index (χ1) is 13.1. The Morgan fingerprint density at radius 1 is 1.07 bits per heavy atom. The highest BCUT2D eigenvalue weighted by Crippen LogP contribution is 2.19. The fourth-order valence-corrected chi connectivity index (χ4v) is 2.63. The fourth-order valence-electron chi connectivity index (χ4n) is 2.63. The molecule has 0 bridgehead atoms. The summed E-state index contributed by atoms with van der Waals surface area (Å²) in [7, 11) is 1.64. The minimum absolute atomic E-state index is 0.350. The molecule has 0 saturated carbocycles. The van der Waals surface area contributed by atoms with Gasteiger partial charge in [-0.25, -0.2) is 10.4 Å². The highest BCUT2D eigenvalue weighted by atomic mass is 16.5. The van der Waals surface area contributed by atoms with Gasteiger partial charge in [-0.2, -0.15) is 10.2 Å². The lowest BCUT2D eigenvalue weighted by molar-refractivity contribution is 0.415. The number of hydrogen-bond donors (Lipinski definition) is 1.